The maximum Gasteiger partial charge on any atom is 0.232 e. The van der Waals surface area contributed by atoms with Crippen LogP contribution in [-0.2, 0) is 9.53 Å². The van der Waals surface area contributed by atoms with Gasteiger partial charge in [-0.25, -0.2) is 4.98 Å². The van der Waals surface area contributed by atoms with E-state index in [0.717, 1.165) is 36.3 Å². The second kappa shape index (κ2) is 5.69. The number of ether oxygens (including phenoxy) is 1. The van der Waals surface area contributed by atoms with Gasteiger partial charge in [0.25, 0.3) is 0 Å². The smallest absolute Gasteiger partial charge is 0.232 e. The van der Waals surface area contributed by atoms with Crippen LogP contribution in [0.25, 0.3) is 11.4 Å². The lowest BCUT2D eigenvalue weighted by molar-refractivity contribution is -0.134. The first-order chi connectivity index (χ1) is 10.2. The molecule has 1 aliphatic rings. The van der Waals surface area contributed by atoms with Gasteiger partial charge in [-0.2, -0.15) is 0 Å². The Balaban J connectivity index is 1.76. The number of H-pyrrole nitrogens is 1. The number of carbonyl (C=O) groups is 1. The molecule has 5 heteroatoms. The average Bonchev–Trinajstić information content (AvgIpc) is 2.97. The summed E-state index contributed by atoms with van der Waals surface area (Å²) in [6, 6.07) is 7.69. The largest absolute Gasteiger partial charge is 0.384 e. The predicted molar refractivity (Wildman–Crippen MR) is 80.8 cm³/mol. The third-order valence-electron chi connectivity index (χ3n) is 4.11. The van der Waals surface area contributed by atoms with Gasteiger partial charge in [0.1, 0.15) is 5.82 Å². The molecule has 21 heavy (non-hydrogen) atoms. The van der Waals surface area contributed by atoms with Crippen molar-refractivity contribution in [3.63, 3.8) is 0 Å². The number of anilines is 1. The Kier molecular flexibility index (Phi) is 3.75. The number of methoxy groups -OCH3 is 1. The molecule has 0 radical (unpaired) electrons. The van der Waals surface area contributed by atoms with E-state index in [2.05, 4.69) is 15.3 Å². The number of hydrogen-bond acceptors (Lipinski definition) is 3. The maximum absolute atomic E-state index is 12.5. The van der Waals surface area contributed by atoms with E-state index in [0.29, 0.717) is 6.61 Å². The zero-order chi connectivity index (χ0) is 14.7. The first kappa shape index (κ1) is 13.8. The van der Waals surface area contributed by atoms with E-state index in [1.807, 2.05) is 24.3 Å². The summed E-state index contributed by atoms with van der Waals surface area (Å²) in [7, 11) is 1.64. The number of imidazole rings is 1. The molecule has 0 aliphatic heterocycles. The molecule has 1 aromatic carbocycles. The Labute approximate surface area is 123 Å². The molecular weight excluding hydrogens is 266 g/mol. The first-order valence-corrected chi connectivity index (χ1v) is 7.14. The standard InChI is InChI=1S/C16H19N3O2/c1-21-11-16(6-3-7-16)15(20)19-13-5-2-4-12(10-13)14-17-8-9-18-14/h2,4-5,8-10H,3,6-7,11H2,1H3,(H,17,18)(H,19,20). The van der Waals surface area contributed by atoms with Gasteiger partial charge in [-0.1, -0.05) is 18.6 Å². The van der Waals surface area contributed by atoms with Gasteiger partial charge < -0.3 is 15.0 Å². The van der Waals surface area contributed by atoms with Crippen molar-refractivity contribution in [2.75, 3.05) is 19.0 Å². The number of aromatic amines is 1. The fraction of sp³-hybridized carbons (Fsp3) is 0.375. The Morgan fingerprint density at radius 3 is 2.95 bits per heavy atom. The van der Waals surface area contributed by atoms with Crippen LogP contribution >= 0.6 is 0 Å². The lowest BCUT2D eigenvalue weighted by atomic mass is 9.68. The van der Waals surface area contributed by atoms with Crippen LogP contribution in [0.15, 0.2) is 36.7 Å². The minimum atomic E-state index is -0.352. The summed E-state index contributed by atoms with van der Waals surface area (Å²) >= 11 is 0. The van der Waals surface area contributed by atoms with Crippen LogP contribution in [0, 0.1) is 5.41 Å². The zero-order valence-corrected chi connectivity index (χ0v) is 12.1. The number of benzene rings is 1. The highest BCUT2D eigenvalue weighted by Gasteiger charge is 2.44. The van der Waals surface area contributed by atoms with E-state index >= 15 is 0 Å². The maximum atomic E-state index is 12.5. The highest BCUT2D eigenvalue weighted by Crippen LogP contribution is 2.42. The van der Waals surface area contributed by atoms with E-state index in [1.54, 1.807) is 19.5 Å². The number of hydrogen-bond donors (Lipinski definition) is 2. The molecule has 1 fully saturated rings. The molecule has 3 rings (SSSR count). The summed E-state index contributed by atoms with van der Waals surface area (Å²) in [5, 5.41) is 3.01. The minimum Gasteiger partial charge on any atom is -0.384 e. The molecule has 2 aromatic rings. The van der Waals surface area contributed by atoms with Crippen molar-refractivity contribution in [1.82, 2.24) is 9.97 Å². The Morgan fingerprint density at radius 2 is 2.33 bits per heavy atom. The molecule has 110 valence electrons. The number of nitrogens with zero attached hydrogens (tertiary/aromatic N) is 1. The fourth-order valence-electron chi connectivity index (χ4n) is 2.75. The molecule has 2 N–H and O–H groups in total. The van der Waals surface area contributed by atoms with Gasteiger partial charge in [0.15, 0.2) is 0 Å². The Morgan fingerprint density at radius 1 is 1.48 bits per heavy atom. The molecule has 1 aromatic heterocycles. The van der Waals surface area contributed by atoms with Gasteiger partial charge in [0.2, 0.25) is 5.91 Å². The third kappa shape index (κ3) is 2.69. The first-order valence-electron chi connectivity index (χ1n) is 7.14. The molecule has 0 bridgehead atoms. The van der Waals surface area contributed by atoms with Crippen LogP contribution in [0.3, 0.4) is 0 Å². The number of carbonyl (C=O) groups excluding carboxylic acids is 1. The molecule has 1 saturated carbocycles. The number of rotatable bonds is 5. The fourth-order valence-corrected chi connectivity index (χ4v) is 2.75. The van der Waals surface area contributed by atoms with Crippen molar-refractivity contribution < 1.29 is 9.53 Å². The van der Waals surface area contributed by atoms with Gasteiger partial charge in [-0.3, -0.25) is 4.79 Å². The predicted octanol–water partition coefficient (Wildman–Crippen LogP) is 2.83. The Hall–Kier alpha value is -2.14. The lowest BCUT2D eigenvalue weighted by Crippen LogP contribution is -2.45. The van der Waals surface area contributed by atoms with Crippen LogP contribution in [0.5, 0.6) is 0 Å². The summed E-state index contributed by atoms with van der Waals surface area (Å²) in [6.07, 6.45) is 6.36. The van der Waals surface area contributed by atoms with Gasteiger partial charge in [-0.15, -0.1) is 0 Å². The van der Waals surface area contributed by atoms with Crippen molar-refractivity contribution in [3.8, 4) is 11.4 Å². The third-order valence-corrected chi connectivity index (χ3v) is 4.11. The second-order valence-corrected chi connectivity index (χ2v) is 5.54. The van der Waals surface area contributed by atoms with Gasteiger partial charge >= 0.3 is 0 Å². The summed E-state index contributed by atoms with van der Waals surface area (Å²) in [5.41, 5.74) is 1.39. The van der Waals surface area contributed by atoms with E-state index in [1.165, 1.54) is 0 Å². The topological polar surface area (TPSA) is 67.0 Å². The molecule has 1 heterocycles. The van der Waals surface area contributed by atoms with E-state index in [4.69, 9.17) is 4.74 Å². The number of aromatic nitrogens is 2. The van der Waals surface area contributed by atoms with Gasteiger partial charge in [0, 0.05) is 30.8 Å². The summed E-state index contributed by atoms with van der Waals surface area (Å²) < 4.78 is 5.21. The SMILES string of the molecule is COCC1(C(=O)Nc2cccc(-c3ncc[nH]3)c2)CCC1. The molecule has 0 unspecified atom stereocenters. The molecule has 0 spiro atoms. The number of nitrogens with one attached hydrogen (secondary N) is 2. The summed E-state index contributed by atoms with van der Waals surface area (Å²) in [5.74, 6) is 0.841. The van der Waals surface area contributed by atoms with E-state index in [9.17, 15) is 4.79 Å². The Bertz CT molecular complexity index is 618. The molecular formula is C16H19N3O2. The quantitative estimate of drug-likeness (QED) is 0.887. The van der Waals surface area contributed by atoms with E-state index < -0.39 is 0 Å². The van der Waals surface area contributed by atoms with Crippen LogP contribution in [0.4, 0.5) is 5.69 Å². The normalized spacial score (nSPS) is 16.2. The molecule has 1 amide bonds. The van der Waals surface area contributed by atoms with E-state index in [-0.39, 0.29) is 11.3 Å². The van der Waals surface area contributed by atoms with Crippen LogP contribution in [0.2, 0.25) is 0 Å². The molecule has 5 nitrogen and oxygen atoms in total. The zero-order valence-electron chi connectivity index (χ0n) is 12.1. The number of amides is 1. The lowest BCUT2D eigenvalue weighted by Gasteiger charge is -2.39. The minimum absolute atomic E-state index is 0.0483. The van der Waals surface area contributed by atoms with Crippen LogP contribution < -0.4 is 5.32 Å². The summed E-state index contributed by atoms with van der Waals surface area (Å²) in [4.78, 5) is 19.8. The average molecular weight is 285 g/mol. The van der Waals surface area contributed by atoms with Gasteiger partial charge in [-0.05, 0) is 25.0 Å². The van der Waals surface area contributed by atoms with Crippen molar-refractivity contribution in [2.45, 2.75) is 19.3 Å². The molecule has 0 atom stereocenters. The van der Waals surface area contributed by atoms with Crippen LogP contribution in [-0.4, -0.2) is 29.6 Å². The second-order valence-electron chi connectivity index (χ2n) is 5.54. The summed E-state index contributed by atoms with van der Waals surface area (Å²) in [6.45, 7) is 0.483. The van der Waals surface area contributed by atoms with Crippen molar-refractivity contribution in [1.29, 1.82) is 0 Å². The highest BCUT2D eigenvalue weighted by molar-refractivity contribution is 5.96. The monoisotopic (exact) mass is 285 g/mol. The van der Waals surface area contributed by atoms with Crippen molar-refractivity contribution >= 4 is 11.6 Å². The molecule has 0 saturated heterocycles. The van der Waals surface area contributed by atoms with Crippen LogP contribution in [0.1, 0.15) is 19.3 Å². The molecule has 1 aliphatic carbocycles. The van der Waals surface area contributed by atoms with Crippen molar-refractivity contribution in [3.05, 3.63) is 36.7 Å². The highest BCUT2D eigenvalue weighted by atomic mass is 16.5. The van der Waals surface area contributed by atoms with Gasteiger partial charge in [0.05, 0.1) is 12.0 Å². The van der Waals surface area contributed by atoms with Crippen molar-refractivity contribution in [2.24, 2.45) is 5.41 Å².